The molecule has 0 unspecified atom stereocenters. The third kappa shape index (κ3) is 2.96. The SMILES string of the molecule is COc1ccccc1COC(=O)C1=Cc2ccccc2OC1. The first-order chi connectivity index (χ1) is 10.8. The van der Waals surface area contributed by atoms with E-state index in [4.69, 9.17) is 14.2 Å². The Labute approximate surface area is 128 Å². The third-order valence-corrected chi connectivity index (χ3v) is 3.45. The fourth-order valence-electron chi connectivity index (χ4n) is 2.29. The van der Waals surface area contributed by atoms with E-state index in [1.807, 2.05) is 54.6 Å². The van der Waals surface area contributed by atoms with Crippen molar-refractivity contribution >= 4 is 12.0 Å². The Kier molecular flexibility index (Phi) is 4.10. The summed E-state index contributed by atoms with van der Waals surface area (Å²) in [7, 11) is 1.59. The number of carbonyl (C=O) groups is 1. The third-order valence-electron chi connectivity index (χ3n) is 3.45. The summed E-state index contributed by atoms with van der Waals surface area (Å²) in [6, 6.07) is 15.0. The predicted octanol–water partition coefficient (Wildman–Crippen LogP) is 3.21. The van der Waals surface area contributed by atoms with Crippen molar-refractivity contribution in [2.75, 3.05) is 13.7 Å². The lowest BCUT2D eigenvalue weighted by atomic mass is 10.1. The van der Waals surface area contributed by atoms with Crippen molar-refractivity contribution in [2.45, 2.75) is 6.61 Å². The number of rotatable bonds is 4. The molecular formula is C18H16O4. The van der Waals surface area contributed by atoms with Gasteiger partial charge in [0, 0.05) is 11.1 Å². The summed E-state index contributed by atoms with van der Waals surface area (Å²) in [5.74, 6) is 1.11. The second-order valence-electron chi connectivity index (χ2n) is 4.88. The Bertz CT molecular complexity index is 719. The van der Waals surface area contributed by atoms with Gasteiger partial charge in [0.1, 0.15) is 24.7 Å². The van der Waals surface area contributed by atoms with E-state index in [0.717, 1.165) is 16.9 Å². The molecule has 112 valence electrons. The molecule has 22 heavy (non-hydrogen) atoms. The molecule has 0 bridgehead atoms. The van der Waals surface area contributed by atoms with Crippen LogP contribution < -0.4 is 9.47 Å². The van der Waals surface area contributed by atoms with Gasteiger partial charge in [-0.2, -0.15) is 0 Å². The zero-order valence-electron chi connectivity index (χ0n) is 12.2. The van der Waals surface area contributed by atoms with Crippen LogP contribution in [0.3, 0.4) is 0 Å². The molecule has 0 saturated carbocycles. The van der Waals surface area contributed by atoms with Gasteiger partial charge in [0.15, 0.2) is 0 Å². The fraction of sp³-hybridized carbons (Fsp3) is 0.167. The molecule has 1 aliphatic rings. The molecule has 0 atom stereocenters. The Morgan fingerprint density at radius 1 is 1.14 bits per heavy atom. The lowest BCUT2D eigenvalue weighted by Crippen LogP contribution is -2.17. The van der Waals surface area contributed by atoms with Gasteiger partial charge >= 0.3 is 5.97 Å². The number of methoxy groups -OCH3 is 1. The zero-order valence-corrected chi connectivity index (χ0v) is 12.2. The van der Waals surface area contributed by atoms with Gasteiger partial charge in [0.25, 0.3) is 0 Å². The molecule has 4 heteroatoms. The number of carbonyl (C=O) groups excluding carboxylic acids is 1. The summed E-state index contributed by atoms with van der Waals surface area (Å²) < 4.78 is 16.2. The quantitative estimate of drug-likeness (QED) is 0.813. The van der Waals surface area contributed by atoms with E-state index in [-0.39, 0.29) is 19.2 Å². The Hall–Kier alpha value is -2.75. The van der Waals surface area contributed by atoms with E-state index in [1.54, 1.807) is 7.11 Å². The Morgan fingerprint density at radius 3 is 2.77 bits per heavy atom. The second-order valence-corrected chi connectivity index (χ2v) is 4.88. The van der Waals surface area contributed by atoms with Crippen molar-refractivity contribution in [1.29, 1.82) is 0 Å². The Morgan fingerprint density at radius 2 is 1.91 bits per heavy atom. The monoisotopic (exact) mass is 296 g/mol. The maximum Gasteiger partial charge on any atom is 0.337 e. The van der Waals surface area contributed by atoms with Crippen LogP contribution in [0.25, 0.3) is 6.08 Å². The largest absolute Gasteiger partial charge is 0.496 e. The summed E-state index contributed by atoms with van der Waals surface area (Å²) in [5, 5.41) is 0. The molecule has 0 N–H and O–H groups in total. The highest BCUT2D eigenvalue weighted by Gasteiger charge is 2.18. The minimum atomic E-state index is -0.375. The zero-order chi connectivity index (χ0) is 15.4. The van der Waals surface area contributed by atoms with Crippen LogP contribution in [0.4, 0.5) is 0 Å². The van der Waals surface area contributed by atoms with E-state index in [9.17, 15) is 4.79 Å². The number of para-hydroxylation sites is 2. The summed E-state index contributed by atoms with van der Waals surface area (Å²) in [6.45, 7) is 0.392. The standard InChI is InChI=1S/C18H16O4/c1-20-16-8-4-3-7-14(16)11-22-18(19)15-10-13-6-2-5-9-17(13)21-12-15/h2-10H,11-12H2,1H3. The van der Waals surface area contributed by atoms with E-state index in [0.29, 0.717) is 11.3 Å². The molecule has 0 radical (unpaired) electrons. The van der Waals surface area contributed by atoms with E-state index >= 15 is 0 Å². The minimum absolute atomic E-state index is 0.168. The summed E-state index contributed by atoms with van der Waals surface area (Å²) in [6.07, 6.45) is 1.81. The van der Waals surface area contributed by atoms with Gasteiger partial charge in [0.05, 0.1) is 12.7 Å². The van der Waals surface area contributed by atoms with Crippen molar-refractivity contribution in [3.63, 3.8) is 0 Å². The molecule has 1 aliphatic heterocycles. The van der Waals surface area contributed by atoms with Crippen molar-refractivity contribution in [2.24, 2.45) is 0 Å². The molecule has 2 aromatic rings. The van der Waals surface area contributed by atoms with E-state index in [2.05, 4.69) is 0 Å². The van der Waals surface area contributed by atoms with Gasteiger partial charge < -0.3 is 14.2 Å². The molecule has 0 aliphatic carbocycles. The first-order valence-corrected chi connectivity index (χ1v) is 6.99. The molecule has 0 saturated heterocycles. The van der Waals surface area contributed by atoms with Crippen LogP contribution in [0.5, 0.6) is 11.5 Å². The van der Waals surface area contributed by atoms with Crippen LogP contribution in [-0.4, -0.2) is 19.7 Å². The van der Waals surface area contributed by atoms with Crippen LogP contribution in [-0.2, 0) is 16.1 Å². The normalized spacial score (nSPS) is 12.7. The van der Waals surface area contributed by atoms with Crippen LogP contribution >= 0.6 is 0 Å². The van der Waals surface area contributed by atoms with Crippen molar-refractivity contribution < 1.29 is 19.0 Å². The van der Waals surface area contributed by atoms with Gasteiger partial charge in [0.2, 0.25) is 0 Å². The van der Waals surface area contributed by atoms with E-state index < -0.39 is 0 Å². The minimum Gasteiger partial charge on any atom is -0.496 e. The molecule has 3 rings (SSSR count). The van der Waals surface area contributed by atoms with Crippen molar-refractivity contribution in [1.82, 2.24) is 0 Å². The fourth-order valence-corrected chi connectivity index (χ4v) is 2.29. The smallest absolute Gasteiger partial charge is 0.337 e. The number of fused-ring (bicyclic) bond motifs is 1. The molecule has 2 aromatic carbocycles. The van der Waals surface area contributed by atoms with Gasteiger partial charge in [-0.15, -0.1) is 0 Å². The average Bonchev–Trinajstić information content (AvgIpc) is 2.59. The van der Waals surface area contributed by atoms with Gasteiger partial charge in [-0.1, -0.05) is 36.4 Å². The summed E-state index contributed by atoms with van der Waals surface area (Å²) >= 11 is 0. The van der Waals surface area contributed by atoms with Crippen LogP contribution in [0.1, 0.15) is 11.1 Å². The highest BCUT2D eigenvalue weighted by atomic mass is 16.5. The Balaban J connectivity index is 1.69. The van der Waals surface area contributed by atoms with Crippen LogP contribution in [0.2, 0.25) is 0 Å². The number of ether oxygens (including phenoxy) is 3. The number of hydrogen-bond acceptors (Lipinski definition) is 4. The molecular weight excluding hydrogens is 280 g/mol. The molecule has 1 heterocycles. The maximum absolute atomic E-state index is 12.2. The highest BCUT2D eigenvalue weighted by molar-refractivity contribution is 5.95. The number of esters is 1. The molecule has 0 aromatic heterocycles. The molecule has 0 spiro atoms. The number of benzene rings is 2. The van der Waals surface area contributed by atoms with Crippen LogP contribution in [0, 0.1) is 0 Å². The summed E-state index contributed by atoms with van der Waals surface area (Å²) in [4.78, 5) is 12.2. The first-order valence-electron chi connectivity index (χ1n) is 6.99. The molecule has 4 nitrogen and oxygen atoms in total. The number of hydrogen-bond donors (Lipinski definition) is 0. The summed E-state index contributed by atoms with van der Waals surface area (Å²) in [5.41, 5.74) is 2.22. The predicted molar refractivity (Wildman–Crippen MR) is 82.7 cm³/mol. The molecule has 0 fully saturated rings. The van der Waals surface area contributed by atoms with Gasteiger partial charge in [-0.3, -0.25) is 0 Å². The van der Waals surface area contributed by atoms with Crippen molar-refractivity contribution in [3.05, 3.63) is 65.2 Å². The van der Waals surface area contributed by atoms with Gasteiger partial charge in [-0.25, -0.2) is 4.79 Å². The highest BCUT2D eigenvalue weighted by Crippen LogP contribution is 2.26. The topological polar surface area (TPSA) is 44.8 Å². The molecule has 0 amide bonds. The first kappa shape index (κ1) is 14.2. The van der Waals surface area contributed by atoms with Crippen molar-refractivity contribution in [3.8, 4) is 11.5 Å². The second kappa shape index (κ2) is 6.35. The average molecular weight is 296 g/mol. The lowest BCUT2D eigenvalue weighted by molar-refractivity contribution is -0.140. The lowest BCUT2D eigenvalue weighted by Gasteiger charge is -2.17. The van der Waals surface area contributed by atoms with Crippen LogP contribution in [0.15, 0.2) is 54.1 Å². The maximum atomic E-state index is 12.2. The van der Waals surface area contributed by atoms with E-state index in [1.165, 1.54) is 0 Å². The van der Waals surface area contributed by atoms with Gasteiger partial charge in [-0.05, 0) is 18.2 Å².